The third-order valence-electron chi connectivity index (χ3n) is 1.89. The summed E-state index contributed by atoms with van der Waals surface area (Å²) in [7, 11) is 0. The molecule has 0 unspecified atom stereocenters. The third-order valence-corrected chi connectivity index (χ3v) is 2.96. The Morgan fingerprint density at radius 2 is 2.29 bits per heavy atom. The summed E-state index contributed by atoms with van der Waals surface area (Å²) in [6, 6.07) is 5.09. The van der Waals surface area contributed by atoms with E-state index in [9.17, 15) is 4.79 Å². The van der Waals surface area contributed by atoms with E-state index in [1.807, 2.05) is 6.07 Å². The number of anilines is 1. The minimum absolute atomic E-state index is 0.223. The van der Waals surface area contributed by atoms with Gasteiger partial charge in [0.15, 0.2) is 0 Å². The van der Waals surface area contributed by atoms with Crippen LogP contribution in [0.2, 0.25) is 0 Å². The van der Waals surface area contributed by atoms with Crippen molar-refractivity contribution in [3.05, 3.63) is 24.4 Å². The number of pyridine rings is 1. The van der Waals surface area contributed by atoms with Crippen LogP contribution in [0.1, 0.15) is 6.42 Å². The van der Waals surface area contributed by atoms with E-state index in [0.717, 1.165) is 17.9 Å². The summed E-state index contributed by atoms with van der Waals surface area (Å²) in [6.07, 6.45) is 2.42. The second-order valence-electron chi connectivity index (χ2n) is 3.29. The number of nitrogens with zero attached hydrogens (tertiary/aromatic N) is 1. The molecule has 0 aliphatic heterocycles. The average molecular weight is 255 g/mol. The van der Waals surface area contributed by atoms with Crippen LogP contribution in [0.15, 0.2) is 24.4 Å². The summed E-state index contributed by atoms with van der Waals surface area (Å²) in [4.78, 5) is 15.4. The van der Waals surface area contributed by atoms with Gasteiger partial charge in [-0.2, -0.15) is 11.8 Å². The molecule has 0 aliphatic rings. The van der Waals surface area contributed by atoms with Crippen molar-refractivity contribution in [1.29, 1.82) is 0 Å². The zero-order valence-electron chi connectivity index (χ0n) is 9.56. The number of aliphatic hydroxyl groups is 1. The maximum atomic E-state index is 11.4. The van der Waals surface area contributed by atoms with Gasteiger partial charge in [-0.25, -0.2) is 9.78 Å². The van der Waals surface area contributed by atoms with Crippen molar-refractivity contribution in [1.82, 2.24) is 10.3 Å². The van der Waals surface area contributed by atoms with Crippen LogP contribution in [-0.2, 0) is 0 Å². The number of amides is 2. The van der Waals surface area contributed by atoms with Crippen molar-refractivity contribution in [3.8, 4) is 0 Å². The monoisotopic (exact) mass is 255 g/mol. The number of aliphatic hydroxyl groups excluding tert-OH is 1. The fourth-order valence-corrected chi connectivity index (χ4v) is 1.89. The Kier molecular flexibility index (Phi) is 7.17. The highest BCUT2D eigenvalue weighted by Crippen LogP contribution is 2.01. The fourth-order valence-electron chi connectivity index (χ4n) is 1.10. The van der Waals surface area contributed by atoms with E-state index < -0.39 is 0 Å². The lowest BCUT2D eigenvalue weighted by Crippen LogP contribution is -2.30. The first-order valence-corrected chi connectivity index (χ1v) is 6.63. The first-order valence-electron chi connectivity index (χ1n) is 5.47. The zero-order chi connectivity index (χ0) is 12.3. The van der Waals surface area contributed by atoms with Gasteiger partial charge in [0.25, 0.3) is 0 Å². The Hall–Kier alpha value is -1.27. The number of hydrogen-bond donors (Lipinski definition) is 3. The normalized spacial score (nSPS) is 9.94. The van der Waals surface area contributed by atoms with Crippen molar-refractivity contribution >= 4 is 23.6 Å². The van der Waals surface area contributed by atoms with E-state index in [0.29, 0.717) is 12.4 Å². The molecule has 94 valence electrons. The molecule has 0 bridgehead atoms. The molecule has 0 saturated heterocycles. The van der Waals surface area contributed by atoms with Gasteiger partial charge in [0.1, 0.15) is 5.82 Å². The van der Waals surface area contributed by atoms with Crippen LogP contribution < -0.4 is 10.6 Å². The van der Waals surface area contributed by atoms with E-state index in [1.165, 1.54) is 0 Å². The van der Waals surface area contributed by atoms with Crippen LogP contribution in [0.3, 0.4) is 0 Å². The molecule has 1 aromatic heterocycles. The van der Waals surface area contributed by atoms with Gasteiger partial charge in [0.2, 0.25) is 0 Å². The summed E-state index contributed by atoms with van der Waals surface area (Å²) in [5.74, 6) is 2.30. The molecule has 0 aromatic carbocycles. The SMILES string of the molecule is O=C(NCCSCCCO)Nc1ccccn1. The molecular formula is C11H17N3O2S. The number of aromatic nitrogens is 1. The van der Waals surface area contributed by atoms with E-state index in [-0.39, 0.29) is 12.6 Å². The standard InChI is InChI=1S/C11H17N3O2S/c15-7-3-8-17-9-6-13-11(16)14-10-4-1-2-5-12-10/h1-2,4-5,15H,3,6-9H2,(H2,12,13,14,16). The van der Waals surface area contributed by atoms with Crippen LogP contribution in [0.5, 0.6) is 0 Å². The summed E-state index contributed by atoms with van der Waals surface area (Å²) >= 11 is 1.71. The molecule has 1 rings (SSSR count). The second-order valence-corrected chi connectivity index (χ2v) is 4.51. The Bertz CT molecular complexity index is 322. The predicted molar refractivity (Wildman–Crippen MR) is 70.3 cm³/mol. The summed E-state index contributed by atoms with van der Waals surface area (Å²) in [5, 5.41) is 13.9. The number of carbonyl (C=O) groups is 1. The molecule has 1 aromatic rings. The van der Waals surface area contributed by atoms with Gasteiger partial charge in [0, 0.05) is 25.1 Å². The van der Waals surface area contributed by atoms with E-state index in [2.05, 4.69) is 15.6 Å². The molecule has 1 heterocycles. The molecule has 0 aliphatic carbocycles. The van der Waals surface area contributed by atoms with Crippen molar-refractivity contribution in [3.63, 3.8) is 0 Å². The quantitative estimate of drug-likeness (QED) is 0.642. The maximum Gasteiger partial charge on any atom is 0.320 e. The molecular weight excluding hydrogens is 238 g/mol. The Morgan fingerprint density at radius 3 is 3.00 bits per heavy atom. The molecule has 17 heavy (non-hydrogen) atoms. The average Bonchev–Trinajstić information content (AvgIpc) is 2.35. The highest BCUT2D eigenvalue weighted by molar-refractivity contribution is 7.99. The van der Waals surface area contributed by atoms with Gasteiger partial charge in [-0.05, 0) is 24.3 Å². The highest BCUT2D eigenvalue weighted by atomic mass is 32.2. The molecule has 0 radical (unpaired) electrons. The smallest absolute Gasteiger partial charge is 0.320 e. The number of nitrogens with one attached hydrogen (secondary N) is 2. The lowest BCUT2D eigenvalue weighted by Gasteiger charge is -2.06. The topological polar surface area (TPSA) is 74.2 Å². The van der Waals surface area contributed by atoms with Gasteiger partial charge < -0.3 is 10.4 Å². The minimum atomic E-state index is -0.244. The van der Waals surface area contributed by atoms with Crippen molar-refractivity contribution in [2.45, 2.75) is 6.42 Å². The molecule has 0 spiro atoms. The maximum absolute atomic E-state index is 11.4. The summed E-state index contributed by atoms with van der Waals surface area (Å²) in [6.45, 7) is 0.829. The van der Waals surface area contributed by atoms with Crippen LogP contribution in [0.4, 0.5) is 10.6 Å². The number of urea groups is 1. The predicted octanol–water partition coefficient (Wildman–Crippen LogP) is 1.32. The van der Waals surface area contributed by atoms with Crippen LogP contribution in [0, 0.1) is 0 Å². The summed E-state index contributed by atoms with van der Waals surface area (Å²) < 4.78 is 0. The Labute approximate surface area is 105 Å². The van der Waals surface area contributed by atoms with Gasteiger partial charge in [0.05, 0.1) is 0 Å². The molecule has 0 fully saturated rings. The second kappa shape index (κ2) is 8.83. The van der Waals surface area contributed by atoms with Gasteiger partial charge >= 0.3 is 6.03 Å². The van der Waals surface area contributed by atoms with E-state index in [4.69, 9.17) is 5.11 Å². The molecule has 0 atom stereocenters. The van der Waals surface area contributed by atoms with Crippen molar-refractivity contribution in [2.75, 3.05) is 30.0 Å². The number of hydrogen-bond acceptors (Lipinski definition) is 4. The van der Waals surface area contributed by atoms with Gasteiger partial charge in [-0.15, -0.1) is 0 Å². The molecule has 0 saturated carbocycles. The van der Waals surface area contributed by atoms with Crippen molar-refractivity contribution in [2.24, 2.45) is 0 Å². The largest absolute Gasteiger partial charge is 0.396 e. The zero-order valence-corrected chi connectivity index (χ0v) is 10.4. The lowest BCUT2D eigenvalue weighted by molar-refractivity contribution is 0.252. The first kappa shape index (κ1) is 13.8. The molecule has 2 amide bonds. The van der Waals surface area contributed by atoms with Crippen LogP contribution in [-0.4, -0.2) is 40.8 Å². The van der Waals surface area contributed by atoms with Gasteiger partial charge in [-0.3, -0.25) is 5.32 Å². The highest BCUT2D eigenvalue weighted by Gasteiger charge is 2.00. The van der Waals surface area contributed by atoms with E-state index >= 15 is 0 Å². The number of rotatable bonds is 7. The minimum Gasteiger partial charge on any atom is -0.396 e. The van der Waals surface area contributed by atoms with Crippen LogP contribution in [0.25, 0.3) is 0 Å². The van der Waals surface area contributed by atoms with Crippen LogP contribution >= 0.6 is 11.8 Å². The van der Waals surface area contributed by atoms with Crippen molar-refractivity contribution < 1.29 is 9.90 Å². The Balaban J connectivity index is 2.06. The molecule has 6 heteroatoms. The lowest BCUT2D eigenvalue weighted by atomic mass is 10.5. The van der Waals surface area contributed by atoms with E-state index in [1.54, 1.807) is 30.1 Å². The molecule has 5 nitrogen and oxygen atoms in total. The third kappa shape index (κ3) is 6.80. The first-order chi connectivity index (χ1) is 8.33. The molecule has 3 N–H and O–H groups in total. The number of carbonyl (C=O) groups excluding carboxylic acids is 1. The summed E-state index contributed by atoms with van der Waals surface area (Å²) in [5.41, 5.74) is 0. The number of thioether (sulfide) groups is 1. The van der Waals surface area contributed by atoms with Gasteiger partial charge in [-0.1, -0.05) is 6.07 Å². The Morgan fingerprint density at radius 1 is 1.41 bits per heavy atom. The fraction of sp³-hybridized carbons (Fsp3) is 0.455.